The first-order valence-electron chi connectivity index (χ1n) is 6.15. The number of nitrogens with two attached hydrogens (primary N) is 1. The molecule has 0 amide bonds. The van der Waals surface area contributed by atoms with Gasteiger partial charge in [-0.15, -0.1) is 0 Å². The summed E-state index contributed by atoms with van der Waals surface area (Å²) in [5, 5.41) is 0.802. The van der Waals surface area contributed by atoms with E-state index in [1.54, 1.807) is 0 Å². The van der Waals surface area contributed by atoms with Crippen LogP contribution in [-0.4, -0.2) is 42.1 Å². The number of hydrogen-bond donors (Lipinski definition) is 1. The molecule has 90 valence electrons. The van der Waals surface area contributed by atoms with Crippen LogP contribution in [0.15, 0.2) is 0 Å². The van der Waals surface area contributed by atoms with Crippen molar-refractivity contribution in [1.29, 1.82) is 0 Å². The van der Waals surface area contributed by atoms with Crippen molar-refractivity contribution >= 4 is 11.8 Å². The number of hydrogen-bond acceptors (Lipinski definition) is 3. The van der Waals surface area contributed by atoms with Crippen LogP contribution >= 0.6 is 11.8 Å². The van der Waals surface area contributed by atoms with Gasteiger partial charge in [0.05, 0.1) is 0 Å². The number of thioether (sulfide) groups is 1. The van der Waals surface area contributed by atoms with E-state index in [4.69, 9.17) is 5.73 Å². The molecule has 15 heavy (non-hydrogen) atoms. The van der Waals surface area contributed by atoms with Crippen molar-refractivity contribution in [2.75, 3.05) is 31.9 Å². The summed E-state index contributed by atoms with van der Waals surface area (Å²) in [6, 6.07) is 0. The second-order valence-electron chi connectivity index (χ2n) is 5.17. The van der Waals surface area contributed by atoms with Gasteiger partial charge in [-0.25, -0.2) is 0 Å². The lowest BCUT2D eigenvalue weighted by molar-refractivity contribution is 0.225. The Morgan fingerprint density at radius 2 is 2.20 bits per heavy atom. The summed E-state index contributed by atoms with van der Waals surface area (Å²) in [5.74, 6) is 2.76. The third kappa shape index (κ3) is 5.23. The Hall–Kier alpha value is 0.270. The Bertz CT molecular complexity index is 171. The van der Waals surface area contributed by atoms with Crippen LogP contribution in [0.1, 0.15) is 27.2 Å². The molecule has 1 aliphatic rings. The highest BCUT2D eigenvalue weighted by molar-refractivity contribution is 7.99. The quantitative estimate of drug-likeness (QED) is 0.784. The van der Waals surface area contributed by atoms with E-state index in [2.05, 4.69) is 37.4 Å². The van der Waals surface area contributed by atoms with Crippen molar-refractivity contribution in [3.8, 4) is 0 Å². The SMILES string of the molecule is CC(C)CC(CN)CN1CCSC(C)C1. The van der Waals surface area contributed by atoms with Crippen LogP contribution in [0, 0.1) is 11.8 Å². The Kier molecular flexibility index (Phi) is 6.02. The third-order valence-electron chi connectivity index (χ3n) is 2.98. The third-order valence-corrected chi connectivity index (χ3v) is 4.12. The molecule has 3 heteroatoms. The van der Waals surface area contributed by atoms with Gasteiger partial charge in [-0.1, -0.05) is 20.8 Å². The second kappa shape index (κ2) is 6.77. The highest BCUT2D eigenvalue weighted by atomic mass is 32.2. The van der Waals surface area contributed by atoms with Gasteiger partial charge in [-0.3, -0.25) is 0 Å². The maximum atomic E-state index is 5.84. The van der Waals surface area contributed by atoms with Gasteiger partial charge in [0.15, 0.2) is 0 Å². The molecule has 1 heterocycles. The molecule has 1 rings (SSSR count). The maximum absolute atomic E-state index is 5.84. The molecule has 2 unspecified atom stereocenters. The predicted octanol–water partition coefficient (Wildman–Crippen LogP) is 2.04. The van der Waals surface area contributed by atoms with Gasteiger partial charge in [0, 0.05) is 30.6 Å². The Labute approximate surface area is 99.0 Å². The summed E-state index contributed by atoms with van der Waals surface area (Å²) in [6.07, 6.45) is 1.27. The normalized spacial score (nSPS) is 25.8. The van der Waals surface area contributed by atoms with E-state index >= 15 is 0 Å². The summed E-state index contributed by atoms with van der Waals surface area (Å²) in [6.45, 7) is 11.5. The summed E-state index contributed by atoms with van der Waals surface area (Å²) in [7, 11) is 0. The smallest absolute Gasteiger partial charge is 0.0147 e. The summed E-state index contributed by atoms with van der Waals surface area (Å²) < 4.78 is 0. The summed E-state index contributed by atoms with van der Waals surface area (Å²) in [5.41, 5.74) is 5.84. The molecule has 1 aliphatic heterocycles. The molecule has 0 bridgehead atoms. The van der Waals surface area contributed by atoms with E-state index in [0.29, 0.717) is 5.92 Å². The van der Waals surface area contributed by atoms with Gasteiger partial charge in [0.25, 0.3) is 0 Å². The average Bonchev–Trinajstić information content (AvgIpc) is 2.16. The molecule has 0 spiro atoms. The lowest BCUT2D eigenvalue weighted by Gasteiger charge is -2.33. The van der Waals surface area contributed by atoms with Gasteiger partial charge in [-0.2, -0.15) is 11.8 Å². The topological polar surface area (TPSA) is 29.3 Å². The first-order chi connectivity index (χ1) is 7.11. The zero-order chi connectivity index (χ0) is 11.3. The number of nitrogens with zero attached hydrogens (tertiary/aromatic N) is 1. The molecule has 0 saturated carbocycles. The minimum Gasteiger partial charge on any atom is -0.330 e. The Morgan fingerprint density at radius 3 is 2.73 bits per heavy atom. The zero-order valence-electron chi connectivity index (χ0n) is 10.4. The fourth-order valence-electron chi connectivity index (χ4n) is 2.33. The molecule has 1 saturated heterocycles. The maximum Gasteiger partial charge on any atom is 0.0147 e. The highest BCUT2D eigenvalue weighted by Gasteiger charge is 2.19. The molecule has 0 aromatic rings. The Morgan fingerprint density at radius 1 is 1.47 bits per heavy atom. The van der Waals surface area contributed by atoms with Gasteiger partial charge >= 0.3 is 0 Å². The van der Waals surface area contributed by atoms with Crippen molar-refractivity contribution in [2.24, 2.45) is 17.6 Å². The van der Waals surface area contributed by atoms with Crippen LogP contribution in [0.5, 0.6) is 0 Å². The minimum atomic E-state index is 0.695. The van der Waals surface area contributed by atoms with E-state index in [-0.39, 0.29) is 0 Å². The van der Waals surface area contributed by atoms with Crippen molar-refractivity contribution < 1.29 is 0 Å². The van der Waals surface area contributed by atoms with Gasteiger partial charge < -0.3 is 10.6 Å². The molecular formula is C12H26N2S. The largest absolute Gasteiger partial charge is 0.330 e. The van der Waals surface area contributed by atoms with Crippen LogP contribution in [-0.2, 0) is 0 Å². The fraction of sp³-hybridized carbons (Fsp3) is 1.00. The zero-order valence-corrected chi connectivity index (χ0v) is 11.2. The molecule has 0 aliphatic carbocycles. The van der Waals surface area contributed by atoms with Crippen LogP contribution in [0.3, 0.4) is 0 Å². The molecule has 2 atom stereocenters. The van der Waals surface area contributed by atoms with Crippen LogP contribution in [0.4, 0.5) is 0 Å². The predicted molar refractivity (Wildman–Crippen MR) is 70.4 cm³/mol. The Balaban J connectivity index is 2.30. The van der Waals surface area contributed by atoms with E-state index in [0.717, 1.165) is 17.7 Å². The van der Waals surface area contributed by atoms with Crippen molar-refractivity contribution in [3.63, 3.8) is 0 Å². The molecule has 2 nitrogen and oxygen atoms in total. The van der Waals surface area contributed by atoms with Gasteiger partial charge in [0.1, 0.15) is 0 Å². The number of rotatable bonds is 5. The van der Waals surface area contributed by atoms with E-state index in [1.165, 1.54) is 31.8 Å². The fourth-order valence-corrected chi connectivity index (χ4v) is 3.42. The van der Waals surface area contributed by atoms with E-state index in [9.17, 15) is 0 Å². The van der Waals surface area contributed by atoms with Crippen molar-refractivity contribution in [1.82, 2.24) is 4.90 Å². The highest BCUT2D eigenvalue weighted by Crippen LogP contribution is 2.20. The first-order valence-corrected chi connectivity index (χ1v) is 7.20. The molecule has 1 fully saturated rings. The monoisotopic (exact) mass is 230 g/mol. The summed E-state index contributed by atoms with van der Waals surface area (Å²) in [4.78, 5) is 2.60. The van der Waals surface area contributed by atoms with Gasteiger partial charge in [0.2, 0.25) is 0 Å². The van der Waals surface area contributed by atoms with Crippen LogP contribution in [0.2, 0.25) is 0 Å². The van der Waals surface area contributed by atoms with E-state index < -0.39 is 0 Å². The van der Waals surface area contributed by atoms with Crippen molar-refractivity contribution in [2.45, 2.75) is 32.4 Å². The van der Waals surface area contributed by atoms with Crippen LogP contribution in [0.25, 0.3) is 0 Å². The van der Waals surface area contributed by atoms with Crippen molar-refractivity contribution in [3.05, 3.63) is 0 Å². The lowest BCUT2D eigenvalue weighted by Crippen LogP contribution is -2.41. The van der Waals surface area contributed by atoms with E-state index in [1.807, 2.05) is 0 Å². The first kappa shape index (κ1) is 13.3. The average molecular weight is 230 g/mol. The molecule has 2 N–H and O–H groups in total. The lowest BCUT2D eigenvalue weighted by atomic mass is 9.96. The molecule has 0 aromatic heterocycles. The standard InChI is InChI=1S/C12H26N2S/c1-10(2)6-12(7-13)9-14-4-5-15-11(3)8-14/h10-12H,4-9,13H2,1-3H3. The minimum absolute atomic E-state index is 0.695. The molecule has 0 aromatic carbocycles. The molecule has 0 radical (unpaired) electrons. The van der Waals surface area contributed by atoms with Gasteiger partial charge in [-0.05, 0) is 24.8 Å². The summed E-state index contributed by atoms with van der Waals surface area (Å²) >= 11 is 2.10. The molecular weight excluding hydrogens is 204 g/mol. The van der Waals surface area contributed by atoms with Crippen LogP contribution < -0.4 is 5.73 Å². The second-order valence-corrected chi connectivity index (χ2v) is 6.72.